The molecule has 0 radical (unpaired) electrons. The van der Waals surface area contributed by atoms with Crippen LogP contribution in [0.1, 0.15) is 23.6 Å². The molecule has 0 bridgehead atoms. The normalized spacial score (nSPS) is 10.2. The van der Waals surface area contributed by atoms with Gasteiger partial charge in [-0.15, -0.1) is 0 Å². The van der Waals surface area contributed by atoms with Gasteiger partial charge in [-0.1, -0.05) is 48.9 Å². The molecule has 1 nitrogen and oxygen atoms in total. The van der Waals surface area contributed by atoms with E-state index in [1.165, 1.54) is 16.7 Å². The molecule has 0 heterocycles. The number of rotatable bonds is 4. The summed E-state index contributed by atoms with van der Waals surface area (Å²) in [5.41, 5.74) is 3.82. The standard InChI is InChI=1S/C16H18O/c1-3-14-8-10-16(11-9-14)17-12-15-6-4-13(2)5-7-15/h4-11H,3,12H2,1-2H3. The van der Waals surface area contributed by atoms with E-state index in [0.29, 0.717) is 6.61 Å². The number of hydrogen-bond acceptors (Lipinski definition) is 1. The van der Waals surface area contributed by atoms with Gasteiger partial charge in [0.1, 0.15) is 12.4 Å². The molecule has 0 aliphatic heterocycles. The van der Waals surface area contributed by atoms with Gasteiger partial charge in [0, 0.05) is 0 Å². The Kier molecular flexibility index (Phi) is 3.81. The number of ether oxygens (including phenoxy) is 1. The van der Waals surface area contributed by atoms with Crippen molar-refractivity contribution in [3.63, 3.8) is 0 Å². The van der Waals surface area contributed by atoms with Gasteiger partial charge in [-0.25, -0.2) is 0 Å². The highest BCUT2D eigenvalue weighted by Crippen LogP contribution is 2.14. The van der Waals surface area contributed by atoms with E-state index in [4.69, 9.17) is 4.74 Å². The molecule has 0 N–H and O–H groups in total. The first-order valence-electron chi connectivity index (χ1n) is 6.05. The topological polar surface area (TPSA) is 9.23 Å². The first-order chi connectivity index (χ1) is 8.28. The van der Waals surface area contributed by atoms with Crippen molar-refractivity contribution in [2.24, 2.45) is 0 Å². The van der Waals surface area contributed by atoms with Crippen molar-refractivity contribution in [1.29, 1.82) is 0 Å². The summed E-state index contributed by atoms with van der Waals surface area (Å²) in [7, 11) is 0. The summed E-state index contributed by atoms with van der Waals surface area (Å²) in [5, 5.41) is 0. The first kappa shape index (κ1) is 11.7. The van der Waals surface area contributed by atoms with Crippen molar-refractivity contribution < 1.29 is 4.74 Å². The SMILES string of the molecule is CCc1ccc(OCc2ccc(C)cc2)cc1. The molecule has 0 fully saturated rings. The highest BCUT2D eigenvalue weighted by Gasteiger charge is 1.96. The van der Waals surface area contributed by atoms with E-state index < -0.39 is 0 Å². The third-order valence-electron chi connectivity index (χ3n) is 2.86. The molecule has 0 spiro atoms. The Bertz CT molecular complexity index is 454. The van der Waals surface area contributed by atoms with Crippen LogP contribution >= 0.6 is 0 Å². The van der Waals surface area contributed by atoms with Crippen molar-refractivity contribution >= 4 is 0 Å². The molecular formula is C16H18O. The minimum atomic E-state index is 0.631. The van der Waals surface area contributed by atoms with E-state index >= 15 is 0 Å². The Morgan fingerprint density at radius 1 is 0.824 bits per heavy atom. The van der Waals surface area contributed by atoms with Crippen molar-refractivity contribution in [2.45, 2.75) is 26.9 Å². The van der Waals surface area contributed by atoms with Crippen LogP contribution in [-0.4, -0.2) is 0 Å². The Labute approximate surface area is 103 Å². The summed E-state index contributed by atoms with van der Waals surface area (Å²) in [6.07, 6.45) is 1.07. The summed E-state index contributed by atoms with van der Waals surface area (Å²) in [6.45, 7) is 4.88. The van der Waals surface area contributed by atoms with Gasteiger partial charge in [0.05, 0.1) is 0 Å². The molecule has 0 atom stereocenters. The predicted molar refractivity (Wildman–Crippen MR) is 71.3 cm³/mol. The van der Waals surface area contributed by atoms with Gasteiger partial charge in [-0.05, 0) is 36.6 Å². The lowest BCUT2D eigenvalue weighted by molar-refractivity contribution is 0.306. The summed E-state index contributed by atoms with van der Waals surface area (Å²) in [5.74, 6) is 0.933. The lowest BCUT2D eigenvalue weighted by Crippen LogP contribution is -1.95. The molecule has 1 heteroatoms. The summed E-state index contributed by atoms with van der Waals surface area (Å²) in [6, 6.07) is 16.7. The molecule has 0 unspecified atom stereocenters. The second-order valence-corrected chi connectivity index (χ2v) is 4.27. The molecule has 2 aromatic carbocycles. The van der Waals surface area contributed by atoms with E-state index in [-0.39, 0.29) is 0 Å². The van der Waals surface area contributed by atoms with Crippen LogP contribution in [0, 0.1) is 6.92 Å². The Hall–Kier alpha value is -1.76. The number of aryl methyl sites for hydroxylation is 2. The van der Waals surface area contributed by atoms with Crippen molar-refractivity contribution in [2.75, 3.05) is 0 Å². The van der Waals surface area contributed by atoms with Gasteiger partial charge in [-0.3, -0.25) is 0 Å². The molecule has 0 saturated heterocycles. The lowest BCUT2D eigenvalue weighted by Gasteiger charge is -2.07. The predicted octanol–water partition coefficient (Wildman–Crippen LogP) is 4.14. The average Bonchev–Trinajstić information content (AvgIpc) is 2.39. The Balaban J connectivity index is 1.95. The molecule has 17 heavy (non-hydrogen) atoms. The van der Waals surface area contributed by atoms with Crippen LogP contribution in [0.15, 0.2) is 48.5 Å². The molecule has 0 aliphatic rings. The third-order valence-corrected chi connectivity index (χ3v) is 2.86. The van der Waals surface area contributed by atoms with E-state index in [1.807, 2.05) is 12.1 Å². The molecule has 0 aromatic heterocycles. The van der Waals surface area contributed by atoms with Crippen LogP contribution < -0.4 is 4.74 Å². The largest absolute Gasteiger partial charge is 0.489 e. The van der Waals surface area contributed by atoms with Crippen molar-refractivity contribution in [1.82, 2.24) is 0 Å². The van der Waals surface area contributed by atoms with Crippen LogP contribution in [0.25, 0.3) is 0 Å². The minimum absolute atomic E-state index is 0.631. The van der Waals surface area contributed by atoms with Crippen LogP contribution in [-0.2, 0) is 13.0 Å². The third kappa shape index (κ3) is 3.35. The fourth-order valence-electron chi connectivity index (χ4n) is 1.67. The molecular weight excluding hydrogens is 208 g/mol. The smallest absolute Gasteiger partial charge is 0.119 e. The summed E-state index contributed by atoms with van der Waals surface area (Å²) < 4.78 is 5.73. The molecule has 0 aliphatic carbocycles. The molecule has 2 aromatic rings. The van der Waals surface area contributed by atoms with Gasteiger partial charge in [0.25, 0.3) is 0 Å². The van der Waals surface area contributed by atoms with E-state index in [0.717, 1.165) is 12.2 Å². The van der Waals surface area contributed by atoms with Gasteiger partial charge < -0.3 is 4.74 Å². The zero-order valence-electron chi connectivity index (χ0n) is 10.4. The van der Waals surface area contributed by atoms with Gasteiger partial charge >= 0.3 is 0 Å². The van der Waals surface area contributed by atoms with Crippen LogP contribution in [0.2, 0.25) is 0 Å². The highest BCUT2D eigenvalue weighted by atomic mass is 16.5. The monoisotopic (exact) mass is 226 g/mol. The molecule has 0 amide bonds. The molecule has 0 saturated carbocycles. The summed E-state index contributed by atoms with van der Waals surface area (Å²) in [4.78, 5) is 0. The first-order valence-corrected chi connectivity index (χ1v) is 6.05. The van der Waals surface area contributed by atoms with E-state index in [9.17, 15) is 0 Å². The van der Waals surface area contributed by atoms with Crippen molar-refractivity contribution in [3.05, 3.63) is 65.2 Å². The lowest BCUT2D eigenvalue weighted by atomic mass is 10.1. The fraction of sp³-hybridized carbons (Fsp3) is 0.250. The number of hydrogen-bond donors (Lipinski definition) is 0. The van der Waals surface area contributed by atoms with Crippen LogP contribution in [0.3, 0.4) is 0 Å². The van der Waals surface area contributed by atoms with Crippen LogP contribution in [0.5, 0.6) is 5.75 Å². The van der Waals surface area contributed by atoms with Gasteiger partial charge in [0.2, 0.25) is 0 Å². The second-order valence-electron chi connectivity index (χ2n) is 4.27. The van der Waals surface area contributed by atoms with Crippen molar-refractivity contribution in [3.8, 4) is 5.75 Å². The zero-order chi connectivity index (χ0) is 12.1. The molecule has 2 rings (SSSR count). The van der Waals surface area contributed by atoms with E-state index in [1.54, 1.807) is 0 Å². The fourth-order valence-corrected chi connectivity index (χ4v) is 1.67. The van der Waals surface area contributed by atoms with Crippen LogP contribution in [0.4, 0.5) is 0 Å². The van der Waals surface area contributed by atoms with Gasteiger partial charge in [0.15, 0.2) is 0 Å². The van der Waals surface area contributed by atoms with Gasteiger partial charge in [-0.2, -0.15) is 0 Å². The van der Waals surface area contributed by atoms with E-state index in [2.05, 4.69) is 50.2 Å². The minimum Gasteiger partial charge on any atom is -0.489 e. The maximum atomic E-state index is 5.73. The second kappa shape index (κ2) is 5.53. The number of benzene rings is 2. The maximum absolute atomic E-state index is 5.73. The average molecular weight is 226 g/mol. The zero-order valence-corrected chi connectivity index (χ0v) is 10.4. The molecule has 88 valence electrons. The maximum Gasteiger partial charge on any atom is 0.119 e. The quantitative estimate of drug-likeness (QED) is 0.761. The summed E-state index contributed by atoms with van der Waals surface area (Å²) >= 11 is 0. The Morgan fingerprint density at radius 3 is 2.00 bits per heavy atom. The Morgan fingerprint density at radius 2 is 1.41 bits per heavy atom. The highest BCUT2D eigenvalue weighted by molar-refractivity contribution is 5.28.